The predicted octanol–water partition coefficient (Wildman–Crippen LogP) is 4.61. The van der Waals surface area contributed by atoms with Crippen molar-refractivity contribution in [2.45, 2.75) is 111 Å². The zero-order chi connectivity index (χ0) is 30.5. The van der Waals surface area contributed by atoms with Gasteiger partial charge in [-0.25, -0.2) is 0 Å². The van der Waals surface area contributed by atoms with Crippen LogP contribution in [0.2, 0.25) is 0 Å². The SMILES string of the molecule is CC(=O)OCC(COC(C)=O)OC(=O)CCCC(=O)OCO[C@H]1CC[C@H]2[C@@H]3CCC4=CC(=O)CC[C@]4(C)[C@H]3CC[C@]12C. The van der Waals surface area contributed by atoms with Gasteiger partial charge < -0.3 is 23.7 Å². The van der Waals surface area contributed by atoms with E-state index in [1.54, 1.807) is 0 Å². The Balaban J connectivity index is 1.18. The molecule has 0 spiro atoms. The fourth-order valence-electron chi connectivity index (χ4n) is 8.20. The zero-order valence-corrected chi connectivity index (χ0v) is 25.4. The number of carbonyl (C=O) groups excluding carboxylic acids is 5. The number of hydrogen-bond acceptors (Lipinski definition) is 10. The van der Waals surface area contributed by atoms with E-state index in [-0.39, 0.29) is 62.0 Å². The molecule has 0 aromatic heterocycles. The standard InChI is InChI=1S/C32H46O10/c1-20(33)38-17-24(18-39-21(2)34)42-30(37)7-5-6-29(36)41-19-40-28-11-10-26-25-9-8-22-16-23(35)12-14-31(22,3)27(25)13-15-32(26,28)4/h16,24-28H,5-15,17-19H2,1-4H3/t25-,26-,27-,28-,31-,32-/m0/s1. The van der Waals surface area contributed by atoms with E-state index in [0.717, 1.165) is 44.9 Å². The first kappa shape index (κ1) is 32.2. The van der Waals surface area contributed by atoms with Crippen molar-refractivity contribution in [3.05, 3.63) is 11.6 Å². The maximum atomic E-state index is 12.3. The van der Waals surface area contributed by atoms with Crippen LogP contribution in [0, 0.1) is 28.6 Å². The van der Waals surface area contributed by atoms with Crippen LogP contribution in [0.5, 0.6) is 0 Å². The first-order chi connectivity index (χ1) is 19.9. The van der Waals surface area contributed by atoms with Gasteiger partial charge in [0.2, 0.25) is 0 Å². The molecule has 10 heteroatoms. The number of fused-ring (bicyclic) bond motifs is 5. The second-order valence-electron chi connectivity index (χ2n) is 13.0. The lowest BCUT2D eigenvalue weighted by molar-refractivity contribution is -0.172. The lowest BCUT2D eigenvalue weighted by atomic mass is 9.47. The monoisotopic (exact) mass is 590 g/mol. The molecule has 0 aromatic rings. The van der Waals surface area contributed by atoms with E-state index in [9.17, 15) is 24.0 Å². The first-order valence-electron chi connectivity index (χ1n) is 15.4. The predicted molar refractivity (Wildman–Crippen MR) is 150 cm³/mol. The smallest absolute Gasteiger partial charge is 0.307 e. The molecule has 0 heterocycles. The van der Waals surface area contributed by atoms with Gasteiger partial charge in [0.15, 0.2) is 18.7 Å². The van der Waals surface area contributed by atoms with Gasteiger partial charge in [-0.2, -0.15) is 0 Å². The number of esters is 4. The maximum absolute atomic E-state index is 12.3. The van der Waals surface area contributed by atoms with Crippen LogP contribution in [-0.2, 0) is 47.7 Å². The van der Waals surface area contributed by atoms with Crippen LogP contribution in [0.1, 0.15) is 98.3 Å². The molecular formula is C32H46O10. The summed E-state index contributed by atoms with van der Waals surface area (Å²) in [7, 11) is 0. The van der Waals surface area contributed by atoms with E-state index < -0.39 is 30.0 Å². The molecule has 0 amide bonds. The summed E-state index contributed by atoms with van der Waals surface area (Å²) in [6.45, 7) is 6.61. The van der Waals surface area contributed by atoms with Crippen LogP contribution < -0.4 is 0 Å². The first-order valence-corrected chi connectivity index (χ1v) is 15.4. The van der Waals surface area contributed by atoms with E-state index in [1.807, 2.05) is 6.08 Å². The maximum Gasteiger partial charge on any atom is 0.307 e. The summed E-state index contributed by atoms with van der Waals surface area (Å²) in [6.07, 6.45) is 9.34. The van der Waals surface area contributed by atoms with E-state index >= 15 is 0 Å². The highest BCUT2D eigenvalue weighted by Crippen LogP contribution is 2.65. The van der Waals surface area contributed by atoms with Crippen molar-refractivity contribution in [1.29, 1.82) is 0 Å². The fraction of sp³-hybridized carbons (Fsp3) is 0.781. The number of rotatable bonds is 12. The Labute approximate surface area is 248 Å². The van der Waals surface area contributed by atoms with Crippen molar-refractivity contribution in [2.24, 2.45) is 28.6 Å². The average Bonchev–Trinajstić information content (AvgIpc) is 3.26. The number of carbonyl (C=O) groups is 5. The van der Waals surface area contributed by atoms with Gasteiger partial charge in [-0.3, -0.25) is 24.0 Å². The Morgan fingerprint density at radius 2 is 1.55 bits per heavy atom. The third-order valence-corrected chi connectivity index (χ3v) is 10.4. The molecule has 6 atom stereocenters. The molecule has 42 heavy (non-hydrogen) atoms. The van der Waals surface area contributed by atoms with Crippen molar-refractivity contribution in [3.8, 4) is 0 Å². The minimum Gasteiger partial charge on any atom is -0.462 e. The molecule has 10 nitrogen and oxygen atoms in total. The van der Waals surface area contributed by atoms with Crippen molar-refractivity contribution in [2.75, 3.05) is 20.0 Å². The molecule has 0 aromatic carbocycles. The summed E-state index contributed by atoms with van der Waals surface area (Å²) in [5, 5.41) is 0. The quantitative estimate of drug-likeness (QED) is 0.180. The summed E-state index contributed by atoms with van der Waals surface area (Å²) in [6, 6.07) is 0. The van der Waals surface area contributed by atoms with Crippen LogP contribution in [0.4, 0.5) is 0 Å². The molecule has 3 saturated carbocycles. The summed E-state index contributed by atoms with van der Waals surface area (Å²) in [5.74, 6) is -0.0246. The highest BCUT2D eigenvalue weighted by atomic mass is 16.7. The van der Waals surface area contributed by atoms with Crippen LogP contribution in [0.15, 0.2) is 11.6 Å². The van der Waals surface area contributed by atoms with Gasteiger partial charge in [-0.1, -0.05) is 19.4 Å². The summed E-state index contributed by atoms with van der Waals surface area (Å²) in [5.41, 5.74) is 1.57. The third-order valence-electron chi connectivity index (χ3n) is 10.4. The molecule has 4 aliphatic carbocycles. The van der Waals surface area contributed by atoms with E-state index in [1.165, 1.54) is 19.4 Å². The molecule has 0 bridgehead atoms. The van der Waals surface area contributed by atoms with Gasteiger partial charge >= 0.3 is 23.9 Å². The topological polar surface area (TPSA) is 132 Å². The van der Waals surface area contributed by atoms with Crippen LogP contribution in [0.25, 0.3) is 0 Å². The second-order valence-corrected chi connectivity index (χ2v) is 13.0. The number of ether oxygens (including phenoxy) is 5. The third kappa shape index (κ3) is 7.41. The molecule has 4 rings (SSSR count). The molecular weight excluding hydrogens is 544 g/mol. The van der Waals surface area contributed by atoms with Gasteiger partial charge in [0.1, 0.15) is 13.2 Å². The fourth-order valence-corrected chi connectivity index (χ4v) is 8.20. The lowest BCUT2D eigenvalue weighted by Gasteiger charge is -2.57. The molecule has 0 saturated heterocycles. The Morgan fingerprint density at radius 1 is 0.857 bits per heavy atom. The molecule has 0 unspecified atom stereocenters. The van der Waals surface area contributed by atoms with Crippen molar-refractivity contribution in [1.82, 2.24) is 0 Å². The normalized spacial score (nSPS) is 31.7. The molecule has 4 aliphatic rings. The van der Waals surface area contributed by atoms with Gasteiger partial charge in [-0.05, 0) is 86.0 Å². The van der Waals surface area contributed by atoms with Crippen LogP contribution in [-0.4, -0.2) is 61.9 Å². The Kier molecular flexibility index (Phi) is 10.5. The minimum absolute atomic E-state index is 0.0300. The number of ketones is 1. The van der Waals surface area contributed by atoms with E-state index in [2.05, 4.69) is 13.8 Å². The summed E-state index contributed by atoms with van der Waals surface area (Å²) >= 11 is 0. The van der Waals surface area contributed by atoms with Crippen molar-refractivity contribution < 1.29 is 47.7 Å². The van der Waals surface area contributed by atoms with E-state index in [0.29, 0.717) is 24.2 Å². The average molecular weight is 591 g/mol. The largest absolute Gasteiger partial charge is 0.462 e. The number of allylic oxidation sites excluding steroid dienone is 1. The molecule has 0 N–H and O–H groups in total. The lowest BCUT2D eigenvalue weighted by Crippen LogP contribution is -2.51. The molecule has 3 fully saturated rings. The zero-order valence-electron chi connectivity index (χ0n) is 25.4. The molecule has 0 aliphatic heterocycles. The Morgan fingerprint density at radius 3 is 2.24 bits per heavy atom. The van der Waals surface area contributed by atoms with Crippen molar-refractivity contribution in [3.63, 3.8) is 0 Å². The Bertz CT molecular complexity index is 1060. The highest BCUT2D eigenvalue weighted by Gasteiger charge is 2.59. The van der Waals surface area contributed by atoms with Gasteiger partial charge in [0.05, 0.1) is 6.10 Å². The minimum atomic E-state index is -0.917. The highest BCUT2D eigenvalue weighted by molar-refractivity contribution is 5.91. The summed E-state index contributed by atoms with van der Waals surface area (Å²) in [4.78, 5) is 58.7. The van der Waals surface area contributed by atoms with Gasteiger partial charge in [-0.15, -0.1) is 0 Å². The summed E-state index contributed by atoms with van der Waals surface area (Å²) < 4.78 is 26.5. The second kappa shape index (κ2) is 13.7. The Hall–Kier alpha value is -2.75. The van der Waals surface area contributed by atoms with Gasteiger partial charge in [0.25, 0.3) is 0 Å². The van der Waals surface area contributed by atoms with Crippen LogP contribution >= 0.6 is 0 Å². The van der Waals surface area contributed by atoms with E-state index in [4.69, 9.17) is 23.7 Å². The molecule has 234 valence electrons. The van der Waals surface area contributed by atoms with Crippen LogP contribution in [0.3, 0.4) is 0 Å². The number of hydrogen-bond donors (Lipinski definition) is 0. The molecule has 0 radical (unpaired) electrons. The van der Waals surface area contributed by atoms with Crippen molar-refractivity contribution >= 4 is 29.7 Å². The van der Waals surface area contributed by atoms with Gasteiger partial charge in [0, 0.05) is 33.1 Å².